The number of carbonyl (C=O) groups is 3. The zero-order valence-corrected chi connectivity index (χ0v) is 15.6. The maximum Gasteiger partial charge on any atom is 0.243 e. The third-order valence-electron chi connectivity index (χ3n) is 4.25. The first-order valence-corrected chi connectivity index (χ1v) is 9.12. The SMILES string of the molecule is CC(=O)Nc1ccc(NC(=O)CCC(=O)N2CCC(c3ccccc3)=N2)cc1. The largest absolute Gasteiger partial charge is 0.326 e. The van der Waals surface area contributed by atoms with Gasteiger partial charge in [-0.3, -0.25) is 14.4 Å². The van der Waals surface area contributed by atoms with Gasteiger partial charge in [0.2, 0.25) is 17.7 Å². The van der Waals surface area contributed by atoms with Crippen molar-refractivity contribution in [2.45, 2.75) is 26.2 Å². The lowest BCUT2D eigenvalue weighted by atomic mass is 10.1. The summed E-state index contributed by atoms with van der Waals surface area (Å²) < 4.78 is 0. The minimum absolute atomic E-state index is 0.0823. The van der Waals surface area contributed by atoms with Gasteiger partial charge in [0.15, 0.2) is 0 Å². The highest BCUT2D eigenvalue weighted by Crippen LogP contribution is 2.16. The molecule has 28 heavy (non-hydrogen) atoms. The van der Waals surface area contributed by atoms with Crippen molar-refractivity contribution < 1.29 is 14.4 Å². The van der Waals surface area contributed by atoms with E-state index in [9.17, 15) is 14.4 Å². The number of rotatable bonds is 6. The van der Waals surface area contributed by atoms with Crippen LogP contribution in [0.1, 0.15) is 31.7 Å². The van der Waals surface area contributed by atoms with Gasteiger partial charge in [0, 0.05) is 37.6 Å². The fourth-order valence-corrected chi connectivity index (χ4v) is 2.88. The highest BCUT2D eigenvalue weighted by molar-refractivity contribution is 6.02. The molecule has 0 unspecified atom stereocenters. The van der Waals surface area contributed by atoms with E-state index in [0.29, 0.717) is 24.3 Å². The molecule has 1 aliphatic heterocycles. The summed E-state index contributed by atoms with van der Waals surface area (Å²) in [5.74, 6) is -0.565. The number of carbonyl (C=O) groups excluding carboxylic acids is 3. The highest BCUT2D eigenvalue weighted by Gasteiger charge is 2.21. The maximum atomic E-state index is 12.3. The fraction of sp³-hybridized carbons (Fsp3) is 0.238. The van der Waals surface area contributed by atoms with Crippen LogP contribution < -0.4 is 10.6 Å². The molecule has 2 aromatic carbocycles. The van der Waals surface area contributed by atoms with E-state index in [0.717, 1.165) is 11.3 Å². The van der Waals surface area contributed by atoms with Crippen molar-refractivity contribution in [2.75, 3.05) is 17.2 Å². The third kappa shape index (κ3) is 5.26. The van der Waals surface area contributed by atoms with E-state index in [2.05, 4.69) is 15.7 Å². The van der Waals surface area contributed by atoms with Gasteiger partial charge < -0.3 is 10.6 Å². The van der Waals surface area contributed by atoms with Crippen LogP contribution in [0.3, 0.4) is 0 Å². The smallest absolute Gasteiger partial charge is 0.243 e. The number of amides is 3. The van der Waals surface area contributed by atoms with Crippen molar-refractivity contribution in [2.24, 2.45) is 5.10 Å². The van der Waals surface area contributed by atoms with E-state index in [1.54, 1.807) is 24.3 Å². The number of hydrogen-bond donors (Lipinski definition) is 2. The number of benzene rings is 2. The fourth-order valence-electron chi connectivity index (χ4n) is 2.88. The molecule has 3 rings (SSSR count). The zero-order valence-electron chi connectivity index (χ0n) is 15.6. The summed E-state index contributed by atoms with van der Waals surface area (Å²) in [6.07, 6.45) is 0.892. The predicted octanol–water partition coefficient (Wildman–Crippen LogP) is 3.00. The Hall–Kier alpha value is -3.48. The van der Waals surface area contributed by atoms with Crippen LogP contribution >= 0.6 is 0 Å². The summed E-state index contributed by atoms with van der Waals surface area (Å²) in [6, 6.07) is 16.6. The molecule has 2 N–H and O–H groups in total. The zero-order chi connectivity index (χ0) is 19.9. The average molecular weight is 378 g/mol. The van der Waals surface area contributed by atoms with Gasteiger partial charge in [0.25, 0.3) is 0 Å². The number of anilines is 2. The van der Waals surface area contributed by atoms with Crippen LogP contribution in [0.2, 0.25) is 0 Å². The second-order valence-electron chi connectivity index (χ2n) is 6.49. The quantitative estimate of drug-likeness (QED) is 0.809. The molecule has 1 heterocycles. The molecule has 0 aromatic heterocycles. The lowest BCUT2D eigenvalue weighted by Crippen LogP contribution is -2.25. The summed E-state index contributed by atoms with van der Waals surface area (Å²) in [7, 11) is 0. The van der Waals surface area contributed by atoms with Crippen molar-refractivity contribution in [1.82, 2.24) is 5.01 Å². The van der Waals surface area contributed by atoms with Crippen LogP contribution in [0, 0.1) is 0 Å². The van der Waals surface area contributed by atoms with Gasteiger partial charge in [-0.1, -0.05) is 30.3 Å². The Morgan fingerprint density at radius 2 is 1.57 bits per heavy atom. The van der Waals surface area contributed by atoms with Crippen LogP contribution in [0.5, 0.6) is 0 Å². The van der Waals surface area contributed by atoms with Crippen molar-refractivity contribution in [3.63, 3.8) is 0 Å². The Morgan fingerprint density at radius 1 is 0.929 bits per heavy atom. The normalized spacial score (nSPS) is 13.0. The number of nitrogens with one attached hydrogen (secondary N) is 2. The van der Waals surface area contributed by atoms with Gasteiger partial charge in [0.1, 0.15) is 0 Å². The molecule has 1 aliphatic rings. The Morgan fingerprint density at radius 3 is 2.21 bits per heavy atom. The van der Waals surface area contributed by atoms with Crippen LogP contribution in [-0.2, 0) is 14.4 Å². The molecule has 7 heteroatoms. The summed E-state index contributed by atoms with van der Waals surface area (Å²) >= 11 is 0. The second kappa shape index (κ2) is 8.94. The Bertz CT molecular complexity index is 892. The molecule has 0 radical (unpaired) electrons. The Labute approximate surface area is 163 Å². The van der Waals surface area contributed by atoms with Gasteiger partial charge in [-0.05, 0) is 29.8 Å². The molecule has 0 bridgehead atoms. The minimum atomic E-state index is -0.243. The number of nitrogens with zero attached hydrogens (tertiary/aromatic N) is 2. The highest BCUT2D eigenvalue weighted by atomic mass is 16.2. The Balaban J connectivity index is 1.47. The summed E-state index contributed by atoms with van der Waals surface area (Å²) in [5, 5.41) is 11.2. The molecule has 2 aromatic rings. The van der Waals surface area contributed by atoms with E-state index in [-0.39, 0.29) is 30.6 Å². The summed E-state index contributed by atoms with van der Waals surface area (Å²) in [5.41, 5.74) is 3.16. The second-order valence-corrected chi connectivity index (χ2v) is 6.49. The molecule has 144 valence electrons. The molecule has 0 saturated carbocycles. The summed E-state index contributed by atoms with van der Waals surface area (Å²) in [6.45, 7) is 1.97. The molecular weight excluding hydrogens is 356 g/mol. The predicted molar refractivity (Wildman–Crippen MR) is 108 cm³/mol. The summed E-state index contributed by atoms with van der Waals surface area (Å²) in [4.78, 5) is 35.4. The Kier molecular flexibility index (Phi) is 6.16. The van der Waals surface area contributed by atoms with Crippen molar-refractivity contribution in [1.29, 1.82) is 0 Å². The van der Waals surface area contributed by atoms with E-state index in [4.69, 9.17) is 0 Å². The molecule has 7 nitrogen and oxygen atoms in total. The van der Waals surface area contributed by atoms with Gasteiger partial charge in [-0.2, -0.15) is 5.10 Å². The molecule has 0 spiro atoms. The first-order chi connectivity index (χ1) is 13.5. The van der Waals surface area contributed by atoms with Crippen LogP contribution in [0.25, 0.3) is 0 Å². The van der Waals surface area contributed by atoms with E-state index in [1.807, 2.05) is 30.3 Å². The number of hydrazone groups is 1. The first kappa shape index (κ1) is 19.3. The topological polar surface area (TPSA) is 90.9 Å². The van der Waals surface area contributed by atoms with Crippen molar-refractivity contribution in [3.05, 3.63) is 60.2 Å². The lowest BCUT2D eigenvalue weighted by molar-refractivity contribution is -0.132. The first-order valence-electron chi connectivity index (χ1n) is 9.12. The molecular formula is C21H22N4O3. The standard InChI is InChI=1S/C21H22N4O3/c1-15(26)22-17-7-9-18(10-8-17)23-20(27)11-12-21(28)25-14-13-19(24-25)16-5-3-2-4-6-16/h2-10H,11-14H2,1H3,(H,22,26)(H,23,27). The monoisotopic (exact) mass is 378 g/mol. The number of hydrogen-bond acceptors (Lipinski definition) is 4. The van der Waals surface area contributed by atoms with Crippen molar-refractivity contribution in [3.8, 4) is 0 Å². The van der Waals surface area contributed by atoms with Crippen LogP contribution in [-0.4, -0.2) is 35.0 Å². The van der Waals surface area contributed by atoms with Crippen LogP contribution in [0.15, 0.2) is 59.7 Å². The third-order valence-corrected chi connectivity index (χ3v) is 4.25. The van der Waals surface area contributed by atoms with E-state index >= 15 is 0 Å². The van der Waals surface area contributed by atoms with E-state index < -0.39 is 0 Å². The van der Waals surface area contributed by atoms with Crippen LogP contribution in [0.4, 0.5) is 11.4 Å². The molecule has 0 saturated heterocycles. The lowest BCUT2D eigenvalue weighted by Gasteiger charge is -2.11. The van der Waals surface area contributed by atoms with Gasteiger partial charge in [-0.25, -0.2) is 5.01 Å². The molecule has 0 atom stereocenters. The van der Waals surface area contributed by atoms with Gasteiger partial charge in [-0.15, -0.1) is 0 Å². The van der Waals surface area contributed by atoms with Gasteiger partial charge >= 0.3 is 0 Å². The minimum Gasteiger partial charge on any atom is -0.326 e. The van der Waals surface area contributed by atoms with Gasteiger partial charge in [0.05, 0.1) is 12.3 Å². The maximum absolute atomic E-state index is 12.3. The molecule has 0 fully saturated rings. The molecule has 0 aliphatic carbocycles. The average Bonchev–Trinajstić information content (AvgIpc) is 3.18. The molecule has 3 amide bonds. The van der Waals surface area contributed by atoms with Crippen molar-refractivity contribution >= 4 is 34.8 Å². The van der Waals surface area contributed by atoms with E-state index in [1.165, 1.54) is 11.9 Å².